The van der Waals surface area contributed by atoms with Gasteiger partial charge in [-0.3, -0.25) is 9.52 Å². The minimum Gasteiger partial charge on any atom is -0.345 e. The molecule has 0 spiro atoms. The van der Waals surface area contributed by atoms with E-state index in [2.05, 4.69) is 16.1 Å². The molecule has 0 aliphatic heterocycles. The molecule has 0 heterocycles. The Morgan fingerprint density at radius 2 is 1.61 bits per heavy atom. The van der Waals surface area contributed by atoms with Crippen molar-refractivity contribution in [3.8, 4) is 0 Å². The molecule has 3 rings (SSSR count). The summed E-state index contributed by atoms with van der Waals surface area (Å²) in [5.74, 6) is -0.244. The summed E-state index contributed by atoms with van der Waals surface area (Å²) in [6.07, 6.45) is 0.745. The lowest BCUT2D eigenvalue weighted by atomic mass is 9.97. The molecule has 5 nitrogen and oxygen atoms in total. The van der Waals surface area contributed by atoms with Crippen LogP contribution in [0.2, 0.25) is 0 Å². The lowest BCUT2D eigenvalue weighted by Gasteiger charge is -2.20. The predicted molar refractivity (Wildman–Crippen MR) is 125 cm³/mol. The third kappa shape index (κ3) is 5.33. The Balaban J connectivity index is 1.84. The summed E-state index contributed by atoms with van der Waals surface area (Å²) in [6.45, 7) is 7.91. The van der Waals surface area contributed by atoms with E-state index < -0.39 is 10.0 Å². The number of carbonyl (C=O) groups is 1. The van der Waals surface area contributed by atoms with Crippen molar-refractivity contribution in [3.05, 3.63) is 94.5 Å². The summed E-state index contributed by atoms with van der Waals surface area (Å²) in [5.41, 5.74) is 4.91. The number of rotatable bonds is 7. The van der Waals surface area contributed by atoms with Crippen LogP contribution in [0.3, 0.4) is 0 Å². The van der Waals surface area contributed by atoms with Crippen molar-refractivity contribution in [1.82, 2.24) is 5.32 Å². The van der Waals surface area contributed by atoms with Crippen LogP contribution in [-0.4, -0.2) is 14.3 Å². The van der Waals surface area contributed by atoms with Gasteiger partial charge in [0.15, 0.2) is 0 Å². The van der Waals surface area contributed by atoms with Crippen LogP contribution in [0, 0.1) is 20.8 Å². The topological polar surface area (TPSA) is 75.3 Å². The van der Waals surface area contributed by atoms with Crippen molar-refractivity contribution in [1.29, 1.82) is 0 Å². The van der Waals surface area contributed by atoms with Crippen LogP contribution in [-0.2, 0) is 10.0 Å². The first kappa shape index (κ1) is 22.6. The Kier molecular flexibility index (Phi) is 6.81. The van der Waals surface area contributed by atoms with Crippen LogP contribution in [0.15, 0.2) is 71.6 Å². The number of nitrogens with one attached hydrogen (secondary N) is 2. The Bertz CT molecular complexity index is 1190. The normalized spacial score (nSPS) is 12.3. The molecule has 0 aliphatic carbocycles. The van der Waals surface area contributed by atoms with Gasteiger partial charge in [0.25, 0.3) is 15.9 Å². The second kappa shape index (κ2) is 9.35. The monoisotopic (exact) mass is 436 g/mol. The van der Waals surface area contributed by atoms with Gasteiger partial charge >= 0.3 is 0 Å². The van der Waals surface area contributed by atoms with Crippen molar-refractivity contribution in [3.63, 3.8) is 0 Å². The molecule has 0 radical (unpaired) electrons. The lowest BCUT2D eigenvalue weighted by molar-refractivity contribution is 0.0935. The summed E-state index contributed by atoms with van der Waals surface area (Å²) >= 11 is 0. The molecule has 31 heavy (non-hydrogen) atoms. The molecule has 0 aliphatic rings. The average Bonchev–Trinajstić information content (AvgIpc) is 2.74. The molecular weight excluding hydrogens is 408 g/mol. The van der Waals surface area contributed by atoms with Crippen LogP contribution >= 0.6 is 0 Å². The standard InChI is InChI=1S/C25H28N2O3S/c1-5-23(22-14-11-17(2)15-19(22)4)26-25(28)20-13-12-18(3)24(16-20)27-31(29,30)21-9-7-6-8-10-21/h6-16,23,27H,5H2,1-4H3,(H,26,28)/t23-/m0/s1. The second-order valence-corrected chi connectivity index (χ2v) is 9.42. The number of carbonyl (C=O) groups excluding carboxylic acids is 1. The molecular formula is C25H28N2O3S. The maximum Gasteiger partial charge on any atom is 0.261 e. The van der Waals surface area contributed by atoms with E-state index in [1.165, 1.54) is 17.7 Å². The number of aryl methyl sites for hydroxylation is 3. The molecule has 6 heteroatoms. The fourth-order valence-corrected chi connectivity index (χ4v) is 4.68. The van der Waals surface area contributed by atoms with Crippen molar-refractivity contribution in [2.45, 2.75) is 45.1 Å². The van der Waals surface area contributed by atoms with E-state index in [0.717, 1.165) is 23.1 Å². The summed E-state index contributed by atoms with van der Waals surface area (Å²) in [7, 11) is -3.74. The maximum absolute atomic E-state index is 13.0. The number of anilines is 1. The molecule has 3 aromatic rings. The molecule has 1 atom stereocenters. The van der Waals surface area contributed by atoms with E-state index >= 15 is 0 Å². The zero-order valence-electron chi connectivity index (χ0n) is 18.3. The molecule has 0 fully saturated rings. The van der Waals surface area contributed by atoms with E-state index in [9.17, 15) is 13.2 Å². The van der Waals surface area contributed by atoms with Crippen LogP contribution < -0.4 is 10.0 Å². The fraction of sp³-hybridized carbons (Fsp3) is 0.240. The Hall–Kier alpha value is -3.12. The van der Waals surface area contributed by atoms with E-state index in [1.807, 2.05) is 32.9 Å². The van der Waals surface area contributed by atoms with Gasteiger partial charge < -0.3 is 5.32 Å². The van der Waals surface area contributed by atoms with Crippen molar-refractivity contribution < 1.29 is 13.2 Å². The number of hydrogen-bond donors (Lipinski definition) is 2. The quantitative estimate of drug-likeness (QED) is 0.528. The minimum atomic E-state index is -3.74. The number of hydrogen-bond acceptors (Lipinski definition) is 3. The van der Waals surface area contributed by atoms with E-state index in [1.54, 1.807) is 43.3 Å². The first-order chi connectivity index (χ1) is 14.7. The van der Waals surface area contributed by atoms with Gasteiger partial charge in [0.2, 0.25) is 0 Å². The van der Waals surface area contributed by atoms with Crippen LogP contribution in [0.25, 0.3) is 0 Å². The van der Waals surface area contributed by atoms with Crippen LogP contribution in [0.1, 0.15) is 52.0 Å². The molecule has 0 saturated carbocycles. The maximum atomic E-state index is 13.0. The zero-order chi connectivity index (χ0) is 22.6. The summed E-state index contributed by atoms with van der Waals surface area (Å²) in [5, 5.41) is 3.08. The number of amides is 1. The second-order valence-electron chi connectivity index (χ2n) is 7.74. The zero-order valence-corrected chi connectivity index (χ0v) is 19.1. The molecule has 0 bridgehead atoms. The van der Waals surface area contributed by atoms with E-state index in [-0.39, 0.29) is 16.8 Å². The molecule has 3 aromatic carbocycles. The number of benzene rings is 3. The smallest absolute Gasteiger partial charge is 0.261 e. The van der Waals surface area contributed by atoms with Crippen molar-refractivity contribution in [2.24, 2.45) is 0 Å². The van der Waals surface area contributed by atoms with Gasteiger partial charge in [0, 0.05) is 5.56 Å². The largest absolute Gasteiger partial charge is 0.345 e. The van der Waals surface area contributed by atoms with Gasteiger partial charge in [-0.2, -0.15) is 0 Å². The first-order valence-corrected chi connectivity index (χ1v) is 11.8. The molecule has 0 saturated heterocycles. The van der Waals surface area contributed by atoms with Crippen LogP contribution in [0.4, 0.5) is 5.69 Å². The summed E-state index contributed by atoms with van der Waals surface area (Å²) in [6, 6.07) is 19.3. The third-order valence-electron chi connectivity index (χ3n) is 5.31. The van der Waals surface area contributed by atoms with Crippen molar-refractivity contribution in [2.75, 3.05) is 4.72 Å². The Morgan fingerprint density at radius 3 is 2.26 bits per heavy atom. The first-order valence-electron chi connectivity index (χ1n) is 10.3. The highest BCUT2D eigenvalue weighted by molar-refractivity contribution is 7.92. The van der Waals surface area contributed by atoms with Gasteiger partial charge in [-0.05, 0) is 68.1 Å². The minimum absolute atomic E-state index is 0.126. The molecule has 162 valence electrons. The van der Waals surface area contributed by atoms with E-state index in [0.29, 0.717) is 11.3 Å². The molecule has 1 amide bonds. The highest BCUT2D eigenvalue weighted by atomic mass is 32.2. The molecule has 0 unspecified atom stereocenters. The summed E-state index contributed by atoms with van der Waals surface area (Å²) < 4.78 is 28.0. The fourth-order valence-electron chi connectivity index (χ4n) is 3.53. The van der Waals surface area contributed by atoms with Gasteiger partial charge in [0.05, 0.1) is 16.6 Å². The third-order valence-corrected chi connectivity index (χ3v) is 6.69. The predicted octanol–water partition coefficient (Wildman–Crippen LogP) is 5.29. The molecule has 2 N–H and O–H groups in total. The van der Waals surface area contributed by atoms with Gasteiger partial charge in [-0.25, -0.2) is 8.42 Å². The van der Waals surface area contributed by atoms with Gasteiger partial charge in [-0.1, -0.05) is 55.0 Å². The average molecular weight is 437 g/mol. The van der Waals surface area contributed by atoms with Gasteiger partial charge in [0.1, 0.15) is 0 Å². The highest BCUT2D eigenvalue weighted by Crippen LogP contribution is 2.24. The summed E-state index contributed by atoms with van der Waals surface area (Å²) in [4.78, 5) is 13.1. The number of sulfonamides is 1. The Morgan fingerprint density at radius 1 is 0.903 bits per heavy atom. The Labute approximate surface area is 184 Å². The highest BCUT2D eigenvalue weighted by Gasteiger charge is 2.19. The SMILES string of the molecule is CC[C@H](NC(=O)c1ccc(C)c(NS(=O)(=O)c2ccccc2)c1)c1ccc(C)cc1C. The lowest BCUT2D eigenvalue weighted by Crippen LogP contribution is -2.28. The van der Waals surface area contributed by atoms with Crippen LogP contribution in [0.5, 0.6) is 0 Å². The van der Waals surface area contributed by atoms with Crippen molar-refractivity contribution >= 4 is 21.6 Å². The van der Waals surface area contributed by atoms with Gasteiger partial charge in [-0.15, -0.1) is 0 Å². The van der Waals surface area contributed by atoms with E-state index in [4.69, 9.17) is 0 Å². The molecule has 0 aromatic heterocycles.